The standard InChI is InChI=1S/C31H37Cl2N3O7S/c1-7-43-24-11-9-23(10-12-24)36(44(39,40)25-13-15-28(41-5)29(17-25)42-6)19-30(37)35(21(4)31(38)34-20(2)3)18-22-8-14-26(32)27(33)16-22/h8-17,20-21H,7,18-19H2,1-6H3,(H,34,38)/t21-/m1/s1. The van der Waals surface area contributed by atoms with E-state index < -0.39 is 34.4 Å². The van der Waals surface area contributed by atoms with Gasteiger partial charge in [-0.15, -0.1) is 0 Å². The maximum atomic E-state index is 14.2. The zero-order valence-electron chi connectivity index (χ0n) is 25.5. The van der Waals surface area contributed by atoms with Gasteiger partial charge in [0.25, 0.3) is 10.0 Å². The van der Waals surface area contributed by atoms with Crippen LogP contribution in [0.25, 0.3) is 0 Å². The van der Waals surface area contributed by atoms with Gasteiger partial charge >= 0.3 is 0 Å². The number of anilines is 1. The van der Waals surface area contributed by atoms with Crippen LogP contribution in [0.3, 0.4) is 0 Å². The smallest absolute Gasteiger partial charge is 0.264 e. The van der Waals surface area contributed by atoms with E-state index >= 15 is 0 Å². The number of amides is 2. The molecule has 0 aliphatic rings. The summed E-state index contributed by atoms with van der Waals surface area (Å²) in [4.78, 5) is 28.4. The van der Waals surface area contributed by atoms with Crippen molar-refractivity contribution >= 4 is 50.7 Å². The quantitative estimate of drug-likeness (QED) is 0.240. The molecule has 3 aromatic rings. The van der Waals surface area contributed by atoms with Crippen LogP contribution in [0.1, 0.15) is 33.3 Å². The Kier molecular flexibility index (Phi) is 12.2. The Hall–Kier alpha value is -3.67. The number of sulfonamides is 1. The van der Waals surface area contributed by atoms with Gasteiger partial charge in [0.05, 0.1) is 41.5 Å². The van der Waals surface area contributed by atoms with Crippen LogP contribution >= 0.6 is 23.2 Å². The summed E-state index contributed by atoms with van der Waals surface area (Å²) in [5, 5.41) is 3.43. The molecule has 0 spiro atoms. The van der Waals surface area contributed by atoms with Gasteiger partial charge in [-0.3, -0.25) is 13.9 Å². The molecule has 44 heavy (non-hydrogen) atoms. The van der Waals surface area contributed by atoms with Crippen molar-refractivity contribution < 1.29 is 32.2 Å². The van der Waals surface area contributed by atoms with Crippen molar-refractivity contribution in [2.24, 2.45) is 0 Å². The highest BCUT2D eigenvalue weighted by Gasteiger charge is 2.33. The minimum Gasteiger partial charge on any atom is -0.494 e. The van der Waals surface area contributed by atoms with Crippen molar-refractivity contribution in [2.75, 3.05) is 31.7 Å². The lowest BCUT2D eigenvalue weighted by molar-refractivity contribution is -0.139. The highest BCUT2D eigenvalue weighted by Crippen LogP contribution is 2.33. The molecule has 10 nitrogen and oxygen atoms in total. The molecule has 0 aliphatic carbocycles. The molecule has 0 aromatic heterocycles. The summed E-state index contributed by atoms with van der Waals surface area (Å²) in [6.45, 7) is 6.79. The topological polar surface area (TPSA) is 114 Å². The number of carbonyl (C=O) groups is 2. The molecule has 0 aliphatic heterocycles. The summed E-state index contributed by atoms with van der Waals surface area (Å²) in [5.74, 6) is 0.0511. The maximum Gasteiger partial charge on any atom is 0.264 e. The minimum absolute atomic E-state index is 0.0318. The molecule has 3 rings (SSSR count). The van der Waals surface area contributed by atoms with Gasteiger partial charge in [0, 0.05) is 18.7 Å². The van der Waals surface area contributed by atoms with Gasteiger partial charge in [0.1, 0.15) is 18.3 Å². The Morgan fingerprint density at radius 1 is 0.886 bits per heavy atom. The lowest BCUT2D eigenvalue weighted by atomic mass is 10.1. The molecule has 0 saturated carbocycles. The van der Waals surface area contributed by atoms with E-state index in [2.05, 4.69) is 5.32 Å². The third-order valence-electron chi connectivity index (χ3n) is 6.59. The van der Waals surface area contributed by atoms with Gasteiger partial charge in [-0.05, 0) is 81.8 Å². The Morgan fingerprint density at radius 2 is 1.55 bits per heavy atom. The number of nitrogens with one attached hydrogen (secondary N) is 1. The first kappa shape index (κ1) is 34.8. The van der Waals surface area contributed by atoms with Crippen LogP contribution in [0.5, 0.6) is 17.2 Å². The average Bonchev–Trinajstić information content (AvgIpc) is 2.99. The van der Waals surface area contributed by atoms with Crippen LogP contribution in [-0.2, 0) is 26.2 Å². The number of nitrogens with zero attached hydrogens (tertiary/aromatic N) is 2. The van der Waals surface area contributed by atoms with E-state index in [1.807, 2.05) is 6.92 Å². The van der Waals surface area contributed by atoms with Crippen LogP contribution in [0.2, 0.25) is 10.0 Å². The van der Waals surface area contributed by atoms with Crippen LogP contribution in [0, 0.1) is 0 Å². The van der Waals surface area contributed by atoms with Crippen molar-refractivity contribution in [3.63, 3.8) is 0 Å². The second-order valence-corrected chi connectivity index (χ2v) is 12.7. The third-order valence-corrected chi connectivity index (χ3v) is 9.10. The van der Waals surface area contributed by atoms with E-state index in [-0.39, 0.29) is 33.9 Å². The Morgan fingerprint density at radius 3 is 2.11 bits per heavy atom. The fraction of sp³-hybridized carbons (Fsp3) is 0.355. The van der Waals surface area contributed by atoms with Gasteiger partial charge in [-0.25, -0.2) is 8.42 Å². The molecule has 0 heterocycles. The van der Waals surface area contributed by atoms with Crippen LogP contribution in [0.4, 0.5) is 5.69 Å². The van der Waals surface area contributed by atoms with E-state index in [0.29, 0.717) is 28.7 Å². The summed E-state index contributed by atoms with van der Waals surface area (Å²) in [6, 6.07) is 14.2. The first-order chi connectivity index (χ1) is 20.8. The van der Waals surface area contributed by atoms with Gasteiger partial charge in [0.2, 0.25) is 11.8 Å². The van der Waals surface area contributed by atoms with Crippen molar-refractivity contribution in [2.45, 2.75) is 51.2 Å². The number of rotatable bonds is 14. The lowest BCUT2D eigenvalue weighted by Crippen LogP contribution is -2.52. The molecule has 0 bridgehead atoms. The number of carbonyl (C=O) groups excluding carboxylic acids is 2. The second kappa shape index (κ2) is 15.4. The second-order valence-electron chi connectivity index (χ2n) is 10.1. The highest BCUT2D eigenvalue weighted by molar-refractivity contribution is 7.92. The monoisotopic (exact) mass is 665 g/mol. The largest absolute Gasteiger partial charge is 0.494 e. The van der Waals surface area contributed by atoms with Crippen molar-refractivity contribution in [1.82, 2.24) is 10.2 Å². The fourth-order valence-electron chi connectivity index (χ4n) is 4.33. The van der Waals surface area contributed by atoms with E-state index in [4.69, 9.17) is 37.4 Å². The Bertz CT molecular complexity index is 1570. The molecule has 0 saturated heterocycles. The van der Waals surface area contributed by atoms with E-state index in [1.165, 1.54) is 37.3 Å². The summed E-state index contributed by atoms with van der Waals surface area (Å²) >= 11 is 12.3. The summed E-state index contributed by atoms with van der Waals surface area (Å²) < 4.78 is 45.5. The maximum absolute atomic E-state index is 14.2. The number of halogens is 2. The number of hydrogen-bond acceptors (Lipinski definition) is 7. The average molecular weight is 667 g/mol. The normalized spacial score (nSPS) is 11.9. The minimum atomic E-state index is -4.35. The van der Waals surface area contributed by atoms with Crippen molar-refractivity contribution in [1.29, 1.82) is 0 Å². The molecule has 2 amide bonds. The molecule has 0 radical (unpaired) electrons. The molecule has 238 valence electrons. The molecular weight excluding hydrogens is 629 g/mol. The van der Waals surface area contributed by atoms with E-state index in [9.17, 15) is 18.0 Å². The molecule has 0 fully saturated rings. The van der Waals surface area contributed by atoms with Gasteiger partial charge in [0.15, 0.2) is 11.5 Å². The zero-order chi connectivity index (χ0) is 32.6. The van der Waals surface area contributed by atoms with E-state index in [0.717, 1.165) is 4.31 Å². The molecule has 3 aromatic carbocycles. The Balaban J connectivity index is 2.09. The highest BCUT2D eigenvalue weighted by atomic mass is 35.5. The molecule has 13 heteroatoms. The summed E-state index contributed by atoms with van der Waals surface area (Å²) in [5.41, 5.74) is 0.817. The van der Waals surface area contributed by atoms with Crippen molar-refractivity contribution in [3.8, 4) is 17.2 Å². The molecular formula is C31H37Cl2N3O7S. The number of methoxy groups -OCH3 is 2. The van der Waals surface area contributed by atoms with Crippen LogP contribution in [0.15, 0.2) is 65.6 Å². The van der Waals surface area contributed by atoms with Gasteiger partial charge < -0.3 is 24.4 Å². The predicted molar refractivity (Wildman–Crippen MR) is 171 cm³/mol. The molecule has 1 N–H and O–H groups in total. The fourth-order valence-corrected chi connectivity index (χ4v) is 6.08. The van der Waals surface area contributed by atoms with Gasteiger partial charge in [-0.2, -0.15) is 0 Å². The predicted octanol–water partition coefficient (Wildman–Crippen LogP) is 5.55. The molecule has 0 unspecified atom stereocenters. The SMILES string of the molecule is CCOc1ccc(N(CC(=O)N(Cc2ccc(Cl)c(Cl)c2)[C@H](C)C(=O)NC(C)C)S(=O)(=O)c2ccc(OC)c(OC)c2)cc1. The Labute approximate surface area is 268 Å². The summed E-state index contributed by atoms with van der Waals surface area (Å²) in [6.07, 6.45) is 0. The zero-order valence-corrected chi connectivity index (χ0v) is 27.8. The number of ether oxygens (including phenoxy) is 3. The number of hydrogen-bond donors (Lipinski definition) is 1. The van der Waals surface area contributed by atoms with E-state index in [1.54, 1.807) is 63.2 Å². The summed E-state index contributed by atoms with van der Waals surface area (Å²) in [7, 11) is -1.51. The first-order valence-corrected chi connectivity index (χ1v) is 16.0. The number of benzene rings is 3. The lowest BCUT2D eigenvalue weighted by Gasteiger charge is -2.32. The van der Waals surface area contributed by atoms with Crippen LogP contribution in [-0.4, -0.2) is 64.6 Å². The van der Waals surface area contributed by atoms with Gasteiger partial charge in [-0.1, -0.05) is 29.3 Å². The van der Waals surface area contributed by atoms with Crippen LogP contribution < -0.4 is 23.8 Å². The first-order valence-electron chi connectivity index (χ1n) is 13.8. The van der Waals surface area contributed by atoms with Crippen molar-refractivity contribution in [3.05, 3.63) is 76.3 Å². The third kappa shape index (κ3) is 8.49. The molecule has 1 atom stereocenters.